The standard InChI is InChI=1S/C16H10Cl2F2N4O2/c17-10-4-9(5-11(18)14(10)25)24-7-22-15(23-24)16(26)21-6-8-1-2-12(19)13(20)3-8/h1-5,7,25H,6H2,(H,21,26). The van der Waals surface area contributed by atoms with Gasteiger partial charge in [-0.3, -0.25) is 4.79 Å². The highest BCUT2D eigenvalue weighted by Crippen LogP contribution is 2.33. The summed E-state index contributed by atoms with van der Waals surface area (Å²) in [4.78, 5) is 16.0. The Morgan fingerprint density at radius 2 is 1.85 bits per heavy atom. The van der Waals surface area contributed by atoms with Crippen LogP contribution in [-0.4, -0.2) is 25.8 Å². The smallest absolute Gasteiger partial charge is 0.291 e. The highest BCUT2D eigenvalue weighted by molar-refractivity contribution is 6.37. The Morgan fingerprint density at radius 1 is 1.15 bits per heavy atom. The minimum absolute atomic E-state index is 0.0207. The van der Waals surface area contributed by atoms with E-state index >= 15 is 0 Å². The second-order valence-electron chi connectivity index (χ2n) is 5.20. The van der Waals surface area contributed by atoms with Crippen molar-refractivity contribution < 1.29 is 18.7 Å². The molecule has 2 aromatic carbocycles. The summed E-state index contributed by atoms with van der Waals surface area (Å²) in [6.45, 7) is -0.0264. The van der Waals surface area contributed by atoms with Crippen LogP contribution in [-0.2, 0) is 6.54 Å². The average molecular weight is 399 g/mol. The second kappa shape index (κ2) is 7.27. The molecule has 3 aromatic rings. The number of phenols is 1. The maximum absolute atomic E-state index is 13.2. The molecule has 134 valence electrons. The van der Waals surface area contributed by atoms with Crippen LogP contribution in [0.3, 0.4) is 0 Å². The first-order valence-corrected chi connectivity index (χ1v) is 7.93. The number of amides is 1. The van der Waals surface area contributed by atoms with E-state index in [0.29, 0.717) is 11.3 Å². The van der Waals surface area contributed by atoms with Gasteiger partial charge in [-0.15, -0.1) is 5.10 Å². The van der Waals surface area contributed by atoms with Crippen LogP contribution >= 0.6 is 23.2 Å². The molecule has 0 aliphatic carbocycles. The number of hydrogen-bond donors (Lipinski definition) is 2. The van der Waals surface area contributed by atoms with Crippen LogP contribution in [0.5, 0.6) is 5.75 Å². The van der Waals surface area contributed by atoms with Crippen molar-refractivity contribution in [1.82, 2.24) is 20.1 Å². The van der Waals surface area contributed by atoms with Gasteiger partial charge < -0.3 is 10.4 Å². The summed E-state index contributed by atoms with van der Waals surface area (Å²) in [6.07, 6.45) is 1.27. The number of nitrogens with one attached hydrogen (secondary N) is 1. The van der Waals surface area contributed by atoms with Gasteiger partial charge in [-0.1, -0.05) is 29.3 Å². The van der Waals surface area contributed by atoms with Crippen molar-refractivity contribution in [3.63, 3.8) is 0 Å². The number of benzene rings is 2. The SMILES string of the molecule is O=C(NCc1ccc(F)c(F)c1)c1ncn(-c2cc(Cl)c(O)c(Cl)c2)n1. The maximum atomic E-state index is 13.2. The van der Waals surface area contributed by atoms with Gasteiger partial charge in [-0.05, 0) is 29.8 Å². The van der Waals surface area contributed by atoms with Crippen LogP contribution in [0.2, 0.25) is 10.0 Å². The second-order valence-corrected chi connectivity index (χ2v) is 6.02. The molecule has 0 bridgehead atoms. The van der Waals surface area contributed by atoms with Crippen LogP contribution in [0.4, 0.5) is 8.78 Å². The molecule has 6 nitrogen and oxygen atoms in total. The quantitative estimate of drug-likeness (QED) is 0.704. The zero-order valence-corrected chi connectivity index (χ0v) is 14.4. The Morgan fingerprint density at radius 3 is 2.50 bits per heavy atom. The molecule has 26 heavy (non-hydrogen) atoms. The number of phenolic OH excluding ortho intramolecular Hbond substituents is 1. The summed E-state index contributed by atoms with van der Waals surface area (Å²) in [5.41, 5.74) is 0.777. The predicted molar refractivity (Wildman–Crippen MR) is 90.6 cm³/mol. The fourth-order valence-electron chi connectivity index (χ4n) is 2.09. The fourth-order valence-corrected chi connectivity index (χ4v) is 2.56. The molecule has 1 aromatic heterocycles. The normalized spacial score (nSPS) is 10.8. The summed E-state index contributed by atoms with van der Waals surface area (Å²) in [5, 5.41) is 16.1. The van der Waals surface area contributed by atoms with Gasteiger partial charge in [0.25, 0.3) is 5.91 Å². The van der Waals surface area contributed by atoms with Crippen LogP contribution in [0, 0.1) is 11.6 Å². The maximum Gasteiger partial charge on any atom is 0.291 e. The molecule has 0 saturated heterocycles. The van der Waals surface area contributed by atoms with Gasteiger partial charge in [-0.25, -0.2) is 18.4 Å². The molecule has 0 spiro atoms. The number of halogens is 4. The van der Waals surface area contributed by atoms with Crippen LogP contribution in [0.25, 0.3) is 5.69 Å². The first-order valence-electron chi connectivity index (χ1n) is 7.17. The Labute approximate surface area is 156 Å². The van der Waals surface area contributed by atoms with Crippen molar-refractivity contribution in [3.8, 4) is 11.4 Å². The lowest BCUT2D eigenvalue weighted by molar-refractivity contribution is 0.0940. The lowest BCUT2D eigenvalue weighted by atomic mass is 10.2. The molecule has 2 N–H and O–H groups in total. The topological polar surface area (TPSA) is 80.0 Å². The molecule has 0 radical (unpaired) electrons. The van der Waals surface area contributed by atoms with Gasteiger partial charge >= 0.3 is 0 Å². The lowest BCUT2D eigenvalue weighted by Gasteiger charge is -2.05. The summed E-state index contributed by atoms with van der Waals surface area (Å²) in [7, 11) is 0. The van der Waals surface area contributed by atoms with E-state index in [1.54, 1.807) is 0 Å². The van der Waals surface area contributed by atoms with Crippen molar-refractivity contribution in [2.75, 3.05) is 0 Å². The molecular weight excluding hydrogens is 389 g/mol. The summed E-state index contributed by atoms with van der Waals surface area (Å²) < 4.78 is 27.3. The third-order valence-corrected chi connectivity index (χ3v) is 3.97. The number of carbonyl (C=O) groups excluding carboxylic acids is 1. The molecule has 3 rings (SSSR count). The Kier molecular flexibility index (Phi) is 5.06. The Hall–Kier alpha value is -2.71. The number of aromatic hydroxyl groups is 1. The largest absolute Gasteiger partial charge is 0.505 e. The van der Waals surface area contributed by atoms with E-state index in [2.05, 4.69) is 15.4 Å². The zero-order valence-electron chi connectivity index (χ0n) is 12.9. The van der Waals surface area contributed by atoms with Gasteiger partial charge in [0.15, 0.2) is 17.4 Å². The summed E-state index contributed by atoms with van der Waals surface area (Å²) >= 11 is 11.7. The Bertz CT molecular complexity index is 971. The number of rotatable bonds is 4. The van der Waals surface area contributed by atoms with Gasteiger partial charge in [0.2, 0.25) is 5.82 Å². The van der Waals surface area contributed by atoms with Crippen molar-refractivity contribution in [2.45, 2.75) is 6.54 Å². The fraction of sp³-hybridized carbons (Fsp3) is 0.0625. The highest BCUT2D eigenvalue weighted by Gasteiger charge is 2.14. The number of carbonyl (C=O) groups is 1. The van der Waals surface area contributed by atoms with Crippen molar-refractivity contribution in [2.24, 2.45) is 0 Å². The molecule has 0 saturated carbocycles. The van der Waals surface area contributed by atoms with E-state index in [0.717, 1.165) is 12.1 Å². The monoisotopic (exact) mass is 398 g/mol. The Balaban J connectivity index is 1.73. The predicted octanol–water partition coefficient (Wildman–Crippen LogP) is 3.49. The van der Waals surface area contributed by atoms with E-state index in [9.17, 15) is 18.7 Å². The van der Waals surface area contributed by atoms with Gasteiger partial charge in [0, 0.05) is 6.54 Å². The molecule has 0 unspecified atom stereocenters. The molecule has 0 aliphatic heterocycles. The summed E-state index contributed by atoms with van der Waals surface area (Å²) in [6, 6.07) is 6.12. The third kappa shape index (κ3) is 3.76. The van der Waals surface area contributed by atoms with Gasteiger partial charge in [-0.2, -0.15) is 0 Å². The van der Waals surface area contributed by atoms with E-state index in [1.807, 2.05) is 0 Å². The number of aromatic nitrogens is 3. The van der Waals surface area contributed by atoms with Gasteiger partial charge in [0.05, 0.1) is 15.7 Å². The van der Waals surface area contributed by atoms with Crippen molar-refractivity contribution in [3.05, 3.63) is 69.7 Å². The van der Waals surface area contributed by atoms with Crippen molar-refractivity contribution >= 4 is 29.1 Å². The number of hydrogen-bond acceptors (Lipinski definition) is 4. The molecule has 0 atom stereocenters. The highest BCUT2D eigenvalue weighted by atomic mass is 35.5. The van der Waals surface area contributed by atoms with E-state index in [1.165, 1.54) is 29.2 Å². The van der Waals surface area contributed by atoms with Crippen LogP contribution in [0.15, 0.2) is 36.7 Å². The van der Waals surface area contributed by atoms with Crippen LogP contribution < -0.4 is 5.32 Å². The van der Waals surface area contributed by atoms with Gasteiger partial charge in [0.1, 0.15) is 6.33 Å². The van der Waals surface area contributed by atoms with E-state index in [-0.39, 0.29) is 28.2 Å². The average Bonchev–Trinajstić information content (AvgIpc) is 3.10. The lowest BCUT2D eigenvalue weighted by Crippen LogP contribution is -2.24. The zero-order chi connectivity index (χ0) is 18.8. The van der Waals surface area contributed by atoms with Crippen LogP contribution in [0.1, 0.15) is 16.2 Å². The first-order chi connectivity index (χ1) is 12.3. The molecule has 0 fully saturated rings. The molecule has 1 heterocycles. The van der Waals surface area contributed by atoms with E-state index < -0.39 is 17.5 Å². The molecule has 0 aliphatic rings. The molecule has 10 heteroatoms. The molecule has 1 amide bonds. The van der Waals surface area contributed by atoms with E-state index in [4.69, 9.17) is 23.2 Å². The summed E-state index contributed by atoms with van der Waals surface area (Å²) in [5.74, 6) is -2.98. The first kappa shape index (κ1) is 18.1. The minimum Gasteiger partial charge on any atom is -0.505 e. The minimum atomic E-state index is -1.000. The van der Waals surface area contributed by atoms with Crippen molar-refractivity contribution in [1.29, 1.82) is 0 Å². The number of nitrogens with zero attached hydrogens (tertiary/aromatic N) is 3. The third-order valence-electron chi connectivity index (χ3n) is 3.40. The molecular formula is C16H10Cl2F2N4O2.